The second-order valence-electron chi connectivity index (χ2n) is 5.68. The van der Waals surface area contributed by atoms with Gasteiger partial charge in [-0.25, -0.2) is 0 Å². The van der Waals surface area contributed by atoms with Crippen LogP contribution in [0.4, 0.5) is 11.4 Å². The molecule has 1 aliphatic rings. The molecule has 1 aromatic heterocycles. The quantitative estimate of drug-likeness (QED) is 0.644. The third-order valence-electron chi connectivity index (χ3n) is 4.15. The number of hydrogen-bond donors (Lipinski definition) is 0. The van der Waals surface area contributed by atoms with Gasteiger partial charge in [0.2, 0.25) is 0 Å². The topological polar surface area (TPSA) is 62.8 Å². The lowest BCUT2D eigenvalue weighted by atomic mass is 10.0. The number of nitrogens with zero attached hydrogens (tertiary/aromatic N) is 3. The lowest BCUT2D eigenvalue weighted by Gasteiger charge is -2.34. The molecule has 0 radical (unpaired) electrons. The summed E-state index contributed by atoms with van der Waals surface area (Å²) in [7, 11) is 2.06. The molecule has 0 N–H and O–H groups in total. The van der Waals surface area contributed by atoms with E-state index in [9.17, 15) is 10.1 Å². The SMILES string of the molecule is Cc1cc([N+](=O)[O-])c(N2CCN(C)CC2)cc1-c1ccco1. The van der Waals surface area contributed by atoms with Crippen molar-refractivity contribution in [1.82, 2.24) is 4.90 Å². The van der Waals surface area contributed by atoms with Crippen LogP contribution >= 0.6 is 0 Å². The first-order chi connectivity index (χ1) is 10.6. The second-order valence-corrected chi connectivity index (χ2v) is 5.68. The number of aryl methyl sites for hydroxylation is 1. The summed E-state index contributed by atoms with van der Waals surface area (Å²) in [6.07, 6.45) is 1.62. The third kappa shape index (κ3) is 2.69. The molecule has 0 amide bonds. The third-order valence-corrected chi connectivity index (χ3v) is 4.15. The zero-order valence-corrected chi connectivity index (χ0v) is 12.8. The largest absolute Gasteiger partial charge is 0.464 e. The molecule has 2 heterocycles. The molecule has 0 aliphatic carbocycles. The first-order valence-electron chi connectivity index (χ1n) is 7.32. The fraction of sp³-hybridized carbons (Fsp3) is 0.375. The maximum absolute atomic E-state index is 11.4. The van der Waals surface area contributed by atoms with Gasteiger partial charge < -0.3 is 14.2 Å². The van der Waals surface area contributed by atoms with Gasteiger partial charge in [-0.3, -0.25) is 10.1 Å². The van der Waals surface area contributed by atoms with Crippen molar-refractivity contribution in [2.45, 2.75) is 6.92 Å². The van der Waals surface area contributed by atoms with E-state index in [0.29, 0.717) is 5.69 Å². The minimum atomic E-state index is -0.299. The van der Waals surface area contributed by atoms with Crippen molar-refractivity contribution in [3.63, 3.8) is 0 Å². The van der Waals surface area contributed by atoms with Gasteiger partial charge in [0.05, 0.1) is 11.2 Å². The van der Waals surface area contributed by atoms with Crippen molar-refractivity contribution >= 4 is 11.4 Å². The number of hydrogen-bond acceptors (Lipinski definition) is 5. The molecule has 3 rings (SSSR count). The molecule has 22 heavy (non-hydrogen) atoms. The van der Waals surface area contributed by atoms with Crippen LogP contribution in [0.2, 0.25) is 0 Å². The smallest absolute Gasteiger partial charge is 0.292 e. The van der Waals surface area contributed by atoms with Crippen LogP contribution in [0.1, 0.15) is 5.56 Å². The predicted molar refractivity (Wildman–Crippen MR) is 85.2 cm³/mol. The molecule has 0 unspecified atom stereocenters. The van der Waals surface area contributed by atoms with Crippen LogP contribution in [0, 0.1) is 17.0 Å². The highest BCUT2D eigenvalue weighted by molar-refractivity contribution is 5.75. The Morgan fingerprint density at radius 3 is 2.55 bits per heavy atom. The van der Waals surface area contributed by atoms with Crippen molar-refractivity contribution in [3.05, 3.63) is 46.2 Å². The number of anilines is 1. The van der Waals surface area contributed by atoms with Gasteiger partial charge in [0.1, 0.15) is 11.4 Å². The summed E-state index contributed by atoms with van der Waals surface area (Å²) >= 11 is 0. The van der Waals surface area contributed by atoms with Crippen molar-refractivity contribution in [3.8, 4) is 11.3 Å². The normalized spacial score (nSPS) is 16.0. The van der Waals surface area contributed by atoms with Crippen LogP contribution in [0.25, 0.3) is 11.3 Å². The van der Waals surface area contributed by atoms with Crippen molar-refractivity contribution in [1.29, 1.82) is 0 Å². The predicted octanol–water partition coefficient (Wildman–Crippen LogP) is 2.92. The summed E-state index contributed by atoms with van der Waals surface area (Å²) in [6.45, 7) is 5.26. The monoisotopic (exact) mass is 301 g/mol. The number of benzene rings is 1. The molecule has 1 aliphatic heterocycles. The molecular weight excluding hydrogens is 282 g/mol. The Morgan fingerprint density at radius 1 is 1.23 bits per heavy atom. The van der Waals surface area contributed by atoms with Gasteiger partial charge in [-0.15, -0.1) is 0 Å². The maximum atomic E-state index is 11.4. The van der Waals surface area contributed by atoms with E-state index in [0.717, 1.165) is 43.1 Å². The van der Waals surface area contributed by atoms with Crippen LogP contribution in [-0.4, -0.2) is 43.0 Å². The Hall–Kier alpha value is -2.34. The number of furan rings is 1. The molecule has 0 saturated carbocycles. The molecule has 1 aromatic carbocycles. The van der Waals surface area contributed by atoms with E-state index < -0.39 is 0 Å². The van der Waals surface area contributed by atoms with Crippen LogP contribution in [0.3, 0.4) is 0 Å². The van der Waals surface area contributed by atoms with Crippen LogP contribution < -0.4 is 4.90 Å². The van der Waals surface area contributed by atoms with Gasteiger partial charge in [0.25, 0.3) is 5.69 Å². The highest BCUT2D eigenvalue weighted by Crippen LogP contribution is 2.36. The molecule has 1 saturated heterocycles. The highest BCUT2D eigenvalue weighted by Gasteiger charge is 2.25. The van der Waals surface area contributed by atoms with E-state index in [1.165, 1.54) is 0 Å². The van der Waals surface area contributed by atoms with E-state index in [-0.39, 0.29) is 10.6 Å². The molecule has 1 fully saturated rings. The fourth-order valence-electron chi connectivity index (χ4n) is 2.83. The molecule has 6 heteroatoms. The highest BCUT2D eigenvalue weighted by atomic mass is 16.6. The summed E-state index contributed by atoms with van der Waals surface area (Å²) in [5.41, 5.74) is 2.59. The van der Waals surface area contributed by atoms with E-state index >= 15 is 0 Å². The Labute approximate surface area is 129 Å². The average Bonchev–Trinajstić information content (AvgIpc) is 3.02. The summed E-state index contributed by atoms with van der Waals surface area (Å²) < 4.78 is 5.46. The first kappa shape index (κ1) is 14.6. The number of rotatable bonds is 3. The fourth-order valence-corrected chi connectivity index (χ4v) is 2.83. The van der Waals surface area contributed by atoms with Crippen molar-refractivity contribution in [2.24, 2.45) is 0 Å². The maximum Gasteiger partial charge on any atom is 0.292 e. The minimum absolute atomic E-state index is 0.164. The molecular formula is C16H19N3O3. The summed E-state index contributed by atoms with van der Waals surface area (Å²) in [4.78, 5) is 15.4. The van der Waals surface area contributed by atoms with E-state index in [2.05, 4.69) is 16.8 Å². The van der Waals surface area contributed by atoms with Crippen molar-refractivity contribution in [2.75, 3.05) is 38.1 Å². The van der Waals surface area contributed by atoms with Gasteiger partial charge in [-0.1, -0.05) is 0 Å². The first-order valence-corrected chi connectivity index (χ1v) is 7.32. The lowest BCUT2D eigenvalue weighted by molar-refractivity contribution is -0.384. The van der Waals surface area contributed by atoms with Crippen LogP contribution in [-0.2, 0) is 0 Å². The van der Waals surface area contributed by atoms with E-state index in [4.69, 9.17) is 4.42 Å². The van der Waals surface area contributed by atoms with Gasteiger partial charge in [-0.2, -0.15) is 0 Å². The zero-order chi connectivity index (χ0) is 15.7. The lowest BCUT2D eigenvalue weighted by Crippen LogP contribution is -2.44. The zero-order valence-electron chi connectivity index (χ0n) is 12.8. The number of piperazine rings is 1. The number of nitro groups is 1. The molecule has 2 aromatic rings. The molecule has 0 bridgehead atoms. The summed E-state index contributed by atoms with van der Waals surface area (Å²) in [5.74, 6) is 0.739. The Balaban J connectivity index is 2.06. The Bertz CT molecular complexity index is 674. The van der Waals surface area contributed by atoms with Gasteiger partial charge in [-0.05, 0) is 37.7 Å². The number of likely N-dealkylation sites (N-methyl/N-ethyl adjacent to an activating group) is 1. The Morgan fingerprint density at radius 2 is 1.95 bits per heavy atom. The van der Waals surface area contributed by atoms with E-state index in [1.807, 2.05) is 25.1 Å². The average molecular weight is 301 g/mol. The van der Waals surface area contributed by atoms with Crippen LogP contribution in [0.5, 0.6) is 0 Å². The van der Waals surface area contributed by atoms with Gasteiger partial charge in [0.15, 0.2) is 0 Å². The molecule has 0 spiro atoms. The van der Waals surface area contributed by atoms with Crippen molar-refractivity contribution < 1.29 is 9.34 Å². The van der Waals surface area contributed by atoms with E-state index in [1.54, 1.807) is 12.3 Å². The number of nitro benzene ring substituents is 1. The Kier molecular flexibility index (Phi) is 3.85. The molecule has 0 atom stereocenters. The minimum Gasteiger partial charge on any atom is -0.464 e. The standard InChI is InChI=1S/C16H19N3O3/c1-12-10-15(19(20)21)14(18-7-5-17(2)6-8-18)11-13(12)16-4-3-9-22-16/h3-4,9-11H,5-8H2,1-2H3. The van der Waals surface area contributed by atoms with Gasteiger partial charge in [0, 0.05) is 37.8 Å². The van der Waals surface area contributed by atoms with Gasteiger partial charge >= 0.3 is 0 Å². The summed E-state index contributed by atoms with van der Waals surface area (Å²) in [6, 6.07) is 7.23. The molecule has 6 nitrogen and oxygen atoms in total. The van der Waals surface area contributed by atoms with Crippen LogP contribution in [0.15, 0.2) is 34.9 Å². The molecule has 116 valence electrons. The summed E-state index contributed by atoms with van der Waals surface area (Å²) in [5, 5.41) is 11.4. The second kappa shape index (κ2) is 5.81.